The lowest BCUT2D eigenvalue weighted by atomic mass is 10.2. The lowest BCUT2D eigenvalue weighted by Gasteiger charge is -2.20. The Morgan fingerprint density at radius 3 is 2.57 bits per heavy atom. The summed E-state index contributed by atoms with van der Waals surface area (Å²) < 4.78 is 6.06. The van der Waals surface area contributed by atoms with Crippen molar-refractivity contribution in [1.29, 1.82) is 0 Å². The highest BCUT2D eigenvalue weighted by molar-refractivity contribution is 8.00. The molecule has 3 nitrogen and oxygen atoms in total. The van der Waals surface area contributed by atoms with Crippen LogP contribution in [-0.4, -0.2) is 29.1 Å². The molecule has 0 heterocycles. The molecular weight excluding hydrogens is 282 g/mol. The van der Waals surface area contributed by atoms with Gasteiger partial charge in [0.15, 0.2) is 6.10 Å². The number of aryl methyl sites for hydroxylation is 1. The molecular formula is C17H27NO2S. The summed E-state index contributed by atoms with van der Waals surface area (Å²) in [5.74, 6) is 1.66. The van der Waals surface area contributed by atoms with Crippen molar-refractivity contribution in [2.45, 2.75) is 51.9 Å². The van der Waals surface area contributed by atoms with Crippen LogP contribution in [0, 0.1) is 6.92 Å². The molecule has 0 aliphatic heterocycles. The maximum Gasteiger partial charge on any atom is 0.261 e. The molecule has 1 aromatic rings. The molecule has 0 aliphatic carbocycles. The van der Waals surface area contributed by atoms with Gasteiger partial charge in [0.05, 0.1) is 0 Å². The summed E-state index contributed by atoms with van der Waals surface area (Å²) in [5, 5.41) is 2.96. The Kier molecular flexibility index (Phi) is 7.09. The topological polar surface area (TPSA) is 38.3 Å². The first kappa shape index (κ1) is 17.9. The minimum absolute atomic E-state index is 0.0322. The number of benzene rings is 1. The number of hydrogen-bond donors (Lipinski definition) is 1. The predicted octanol–water partition coefficient (Wildman–Crippen LogP) is 3.80. The Bertz CT molecular complexity index is 454. The van der Waals surface area contributed by atoms with Crippen LogP contribution in [0.4, 0.5) is 0 Å². The number of amides is 1. The van der Waals surface area contributed by atoms with Crippen LogP contribution in [0.15, 0.2) is 24.3 Å². The summed E-state index contributed by atoms with van der Waals surface area (Å²) in [6.07, 6.45) is 0.234. The number of carbonyl (C=O) groups is 1. The van der Waals surface area contributed by atoms with Crippen LogP contribution < -0.4 is 10.1 Å². The van der Waals surface area contributed by atoms with Crippen LogP contribution in [-0.2, 0) is 4.79 Å². The predicted molar refractivity (Wildman–Crippen MR) is 91.1 cm³/mol. The maximum atomic E-state index is 12.2. The highest BCUT2D eigenvalue weighted by Gasteiger charge is 2.19. The van der Waals surface area contributed by atoms with Gasteiger partial charge in [0.25, 0.3) is 5.91 Å². The van der Waals surface area contributed by atoms with Crippen LogP contribution >= 0.6 is 11.8 Å². The van der Waals surface area contributed by atoms with Crippen LogP contribution in [0.5, 0.6) is 5.75 Å². The average Bonchev–Trinajstić information content (AvgIpc) is 2.41. The fourth-order valence-corrected chi connectivity index (χ4v) is 2.63. The molecule has 1 N–H and O–H groups in total. The first-order chi connectivity index (χ1) is 9.83. The summed E-state index contributed by atoms with van der Waals surface area (Å²) >= 11 is 1.85. The van der Waals surface area contributed by atoms with Crippen LogP contribution in [0.1, 0.15) is 39.7 Å². The van der Waals surface area contributed by atoms with Gasteiger partial charge in [0.1, 0.15) is 5.75 Å². The van der Waals surface area contributed by atoms with Gasteiger partial charge in [-0.3, -0.25) is 4.79 Å². The molecule has 0 aromatic heterocycles. The summed E-state index contributed by atoms with van der Waals surface area (Å²) in [4.78, 5) is 12.2. The Balaban J connectivity index is 2.45. The smallest absolute Gasteiger partial charge is 0.261 e. The second-order valence-electron chi connectivity index (χ2n) is 6.03. The van der Waals surface area contributed by atoms with Gasteiger partial charge in [-0.25, -0.2) is 0 Å². The van der Waals surface area contributed by atoms with Gasteiger partial charge < -0.3 is 10.1 Å². The van der Waals surface area contributed by atoms with Crippen molar-refractivity contribution in [2.75, 3.05) is 12.3 Å². The van der Waals surface area contributed by atoms with Crippen molar-refractivity contribution in [3.8, 4) is 5.75 Å². The molecule has 1 aromatic carbocycles. The van der Waals surface area contributed by atoms with Gasteiger partial charge in [-0.15, -0.1) is 0 Å². The Hall–Kier alpha value is -1.16. The second-order valence-corrected chi connectivity index (χ2v) is 7.95. The van der Waals surface area contributed by atoms with E-state index >= 15 is 0 Å². The monoisotopic (exact) mass is 309 g/mol. The van der Waals surface area contributed by atoms with Crippen molar-refractivity contribution < 1.29 is 9.53 Å². The van der Waals surface area contributed by atoms with Gasteiger partial charge >= 0.3 is 0 Å². The van der Waals surface area contributed by atoms with Crippen molar-refractivity contribution in [3.63, 3.8) is 0 Å². The largest absolute Gasteiger partial charge is 0.480 e. The summed E-state index contributed by atoms with van der Waals surface area (Å²) in [5.41, 5.74) is 1.05. The molecule has 0 saturated heterocycles. The zero-order chi connectivity index (χ0) is 15.9. The maximum absolute atomic E-state index is 12.2. The van der Waals surface area contributed by atoms with Gasteiger partial charge in [0, 0.05) is 17.0 Å². The van der Waals surface area contributed by atoms with Gasteiger partial charge in [-0.2, -0.15) is 11.8 Å². The van der Waals surface area contributed by atoms with Crippen LogP contribution in [0.3, 0.4) is 0 Å². The van der Waals surface area contributed by atoms with Crippen molar-refractivity contribution >= 4 is 17.7 Å². The summed E-state index contributed by atoms with van der Waals surface area (Å²) in [6, 6.07) is 7.78. The number of rotatable bonds is 7. The molecule has 0 radical (unpaired) electrons. The zero-order valence-corrected chi connectivity index (χ0v) is 14.5. The van der Waals surface area contributed by atoms with E-state index in [4.69, 9.17) is 4.74 Å². The standard InChI is InChI=1S/C17H27NO2S/c1-6-14(20-15-10-8-7-9-13(15)2)16(19)18-11-12-21-17(3,4)5/h7-10,14H,6,11-12H2,1-5H3,(H,18,19)/t14-/m1/s1. The van der Waals surface area contributed by atoms with E-state index in [0.717, 1.165) is 17.1 Å². The quantitative estimate of drug-likeness (QED) is 0.779. The molecule has 0 aliphatic rings. The average molecular weight is 309 g/mol. The van der Waals surface area contributed by atoms with E-state index < -0.39 is 6.10 Å². The lowest BCUT2D eigenvalue weighted by molar-refractivity contribution is -0.128. The Morgan fingerprint density at radius 2 is 2.00 bits per heavy atom. The molecule has 1 rings (SSSR count). The molecule has 1 atom stereocenters. The van der Waals surface area contributed by atoms with E-state index in [9.17, 15) is 4.79 Å². The minimum atomic E-state index is -0.425. The second kappa shape index (κ2) is 8.32. The number of para-hydroxylation sites is 1. The van der Waals surface area contributed by atoms with Crippen LogP contribution in [0.2, 0.25) is 0 Å². The summed E-state index contributed by atoms with van der Waals surface area (Å²) in [6.45, 7) is 11.2. The van der Waals surface area contributed by atoms with Crippen LogP contribution in [0.25, 0.3) is 0 Å². The molecule has 4 heteroatoms. The first-order valence-corrected chi connectivity index (χ1v) is 8.46. The molecule has 0 spiro atoms. The van der Waals surface area contributed by atoms with E-state index in [2.05, 4.69) is 26.1 Å². The van der Waals surface area contributed by atoms with Gasteiger partial charge in [-0.1, -0.05) is 45.9 Å². The van der Waals surface area contributed by atoms with E-state index in [1.165, 1.54) is 0 Å². The number of thioether (sulfide) groups is 1. The number of hydrogen-bond acceptors (Lipinski definition) is 3. The highest BCUT2D eigenvalue weighted by Crippen LogP contribution is 2.22. The fourth-order valence-electron chi connectivity index (χ4n) is 1.81. The number of nitrogens with one attached hydrogen (secondary N) is 1. The number of carbonyl (C=O) groups excluding carboxylic acids is 1. The van der Waals surface area contributed by atoms with Crippen molar-refractivity contribution in [1.82, 2.24) is 5.32 Å². The Morgan fingerprint density at radius 1 is 1.33 bits per heavy atom. The van der Waals surface area contributed by atoms with Gasteiger partial charge in [0.2, 0.25) is 0 Å². The molecule has 0 unspecified atom stereocenters. The fraction of sp³-hybridized carbons (Fsp3) is 0.588. The third-order valence-electron chi connectivity index (χ3n) is 2.96. The molecule has 1 amide bonds. The summed E-state index contributed by atoms with van der Waals surface area (Å²) in [7, 11) is 0. The van der Waals surface area contributed by atoms with Crippen molar-refractivity contribution in [3.05, 3.63) is 29.8 Å². The van der Waals surface area contributed by atoms with E-state index in [1.807, 2.05) is 49.9 Å². The first-order valence-electron chi connectivity index (χ1n) is 7.47. The zero-order valence-electron chi connectivity index (χ0n) is 13.7. The van der Waals surface area contributed by atoms with E-state index in [1.54, 1.807) is 0 Å². The molecule has 0 saturated carbocycles. The molecule has 21 heavy (non-hydrogen) atoms. The molecule has 0 fully saturated rings. The molecule has 0 bridgehead atoms. The Labute approximate surface area is 132 Å². The third kappa shape index (κ3) is 6.89. The third-order valence-corrected chi connectivity index (χ3v) is 4.24. The van der Waals surface area contributed by atoms with E-state index in [-0.39, 0.29) is 10.7 Å². The van der Waals surface area contributed by atoms with E-state index in [0.29, 0.717) is 13.0 Å². The SMILES string of the molecule is CC[C@@H](Oc1ccccc1C)C(=O)NCCSC(C)(C)C. The highest BCUT2D eigenvalue weighted by atomic mass is 32.2. The van der Waals surface area contributed by atoms with Gasteiger partial charge in [-0.05, 0) is 25.0 Å². The normalized spacial score (nSPS) is 12.8. The molecule has 118 valence electrons. The van der Waals surface area contributed by atoms with Crippen molar-refractivity contribution in [2.24, 2.45) is 0 Å². The lowest BCUT2D eigenvalue weighted by Crippen LogP contribution is -2.39. The minimum Gasteiger partial charge on any atom is -0.480 e. The number of ether oxygens (including phenoxy) is 1.